The van der Waals surface area contributed by atoms with E-state index in [2.05, 4.69) is 13.8 Å². The van der Waals surface area contributed by atoms with E-state index in [1.54, 1.807) is 11.8 Å². The van der Waals surface area contributed by atoms with Crippen LogP contribution in [0.25, 0.3) is 0 Å². The molecule has 0 aromatic carbocycles. The van der Waals surface area contributed by atoms with Crippen molar-refractivity contribution >= 4 is 17.7 Å². The maximum Gasteiger partial charge on any atom is 0.223 e. The highest BCUT2D eigenvalue weighted by molar-refractivity contribution is 7.98. The maximum atomic E-state index is 11.9. The number of rotatable bonds is 7. The van der Waals surface area contributed by atoms with Gasteiger partial charge >= 0.3 is 0 Å². The number of thioether (sulfide) groups is 1. The Morgan fingerprint density at radius 2 is 2.28 bits per heavy atom. The highest BCUT2D eigenvalue weighted by atomic mass is 32.2. The van der Waals surface area contributed by atoms with Gasteiger partial charge in [0.1, 0.15) is 0 Å². The number of nitrogens with zero attached hydrogens (tertiary/aromatic N) is 1. The second-order valence-electron chi connectivity index (χ2n) is 5.40. The third kappa shape index (κ3) is 6.10. The predicted octanol–water partition coefficient (Wildman–Crippen LogP) is 2.79. The van der Waals surface area contributed by atoms with Crippen molar-refractivity contribution in [1.82, 2.24) is 4.90 Å². The van der Waals surface area contributed by atoms with Crippen molar-refractivity contribution in [2.75, 3.05) is 31.7 Å². The summed E-state index contributed by atoms with van der Waals surface area (Å²) in [4.78, 5) is 13.9. The van der Waals surface area contributed by atoms with Gasteiger partial charge in [-0.3, -0.25) is 4.79 Å². The SMILES string of the molecule is CSCCC(=O)N1CCO[C@@H](CCCC(C)C)C1. The first-order valence-corrected chi connectivity index (χ1v) is 8.41. The van der Waals surface area contributed by atoms with Crippen LogP contribution in [0.1, 0.15) is 39.5 Å². The predicted molar refractivity (Wildman–Crippen MR) is 78.0 cm³/mol. The molecule has 0 aliphatic carbocycles. The van der Waals surface area contributed by atoms with Crippen LogP contribution in [0, 0.1) is 5.92 Å². The summed E-state index contributed by atoms with van der Waals surface area (Å²) < 4.78 is 5.75. The first-order chi connectivity index (χ1) is 8.63. The molecular formula is C14H27NO2S. The molecule has 1 amide bonds. The van der Waals surface area contributed by atoms with Gasteiger partial charge in [0.25, 0.3) is 0 Å². The Labute approximate surface area is 116 Å². The summed E-state index contributed by atoms with van der Waals surface area (Å²) in [5.41, 5.74) is 0. The molecule has 1 atom stereocenters. The van der Waals surface area contributed by atoms with E-state index in [9.17, 15) is 4.79 Å². The monoisotopic (exact) mass is 273 g/mol. The maximum absolute atomic E-state index is 11.9. The molecule has 0 radical (unpaired) electrons. The van der Waals surface area contributed by atoms with E-state index in [4.69, 9.17) is 4.74 Å². The van der Waals surface area contributed by atoms with Crippen LogP contribution in [0.5, 0.6) is 0 Å². The Hall–Kier alpha value is -0.220. The molecule has 0 aromatic rings. The third-order valence-electron chi connectivity index (χ3n) is 3.32. The van der Waals surface area contributed by atoms with E-state index in [1.165, 1.54) is 12.8 Å². The number of ether oxygens (including phenoxy) is 1. The van der Waals surface area contributed by atoms with Crippen molar-refractivity contribution < 1.29 is 9.53 Å². The van der Waals surface area contributed by atoms with Gasteiger partial charge in [-0.15, -0.1) is 0 Å². The summed E-state index contributed by atoms with van der Waals surface area (Å²) >= 11 is 1.73. The largest absolute Gasteiger partial charge is 0.375 e. The Morgan fingerprint density at radius 1 is 1.50 bits per heavy atom. The molecular weight excluding hydrogens is 246 g/mol. The van der Waals surface area contributed by atoms with Gasteiger partial charge in [0.05, 0.1) is 12.7 Å². The molecule has 1 heterocycles. The van der Waals surface area contributed by atoms with E-state index in [1.807, 2.05) is 11.2 Å². The molecule has 0 saturated carbocycles. The quantitative estimate of drug-likeness (QED) is 0.714. The topological polar surface area (TPSA) is 29.5 Å². The molecule has 1 saturated heterocycles. The summed E-state index contributed by atoms with van der Waals surface area (Å²) in [5.74, 6) is 1.98. The molecule has 0 aromatic heterocycles. The van der Waals surface area contributed by atoms with Crippen molar-refractivity contribution in [3.05, 3.63) is 0 Å². The van der Waals surface area contributed by atoms with Crippen LogP contribution in [0.2, 0.25) is 0 Å². The highest BCUT2D eigenvalue weighted by Gasteiger charge is 2.23. The lowest BCUT2D eigenvalue weighted by atomic mass is 10.0. The Bertz CT molecular complexity index is 246. The number of morpholine rings is 1. The van der Waals surface area contributed by atoms with E-state index in [0.29, 0.717) is 18.9 Å². The van der Waals surface area contributed by atoms with Gasteiger partial charge in [0, 0.05) is 25.3 Å². The zero-order valence-electron chi connectivity index (χ0n) is 12.0. The number of hydrogen-bond acceptors (Lipinski definition) is 3. The minimum Gasteiger partial charge on any atom is -0.375 e. The Kier molecular flexibility index (Phi) is 7.75. The zero-order chi connectivity index (χ0) is 13.4. The number of hydrogen-bond donors (Lipinski definition) is 0. The molecule has 0 spiro atoms. The van der Waals surface area contributed by atoms with Crippen LogP contribution >= 0.6 is 11.8 Å². The Morgan fingerprint density at radius 3 is 2.94 bits per heavy atom. The molecule has 1 fully saturated rings. The van der Waals surface area contributed by atoms with Crippen LogP contribution in [-0.4, -0.2) is 48.6 Å². The van der Waals surface area contributed by atoms with Crippen molar-refractivity contribution in [3.8, 4) is 0 Å². The summed E-state index contributed by atoms with van der Waals surface area (Å²) in [6.45, 7) is 6.77. The van der Waals surface area contributed by atoms with Gasteiger partial charge in [0.15, 0.2) is 0 Å². The van der Waals surface area contributed by atoms with E-state index in [0.717, 1.165) is 31.2 Å². The van der Waals surface area contributed by atoms with Gasteiger partial charge in [-0.25, -0.2) is 0 Å². The fourth-order valence-corrected chi connectivity index (χ4v) is 2.60. The van der Waals surface area contributed by atoms with Gasteiger partial charge in [-0.05, 0) is 18.6 Å². The molecule has 0 unspecified atom stereocenters. The van der Waals surface area contributed by atoms with Crippen LogP contribution in [-0.2, 0) is 9.53 Å². The average Bonchev–Trinajstić information content (AvgIpc) is 2.36. The minimum absolute atomic E-state index is 0.260. The smallest absolute Gasteiger partial charge is 0.223 e. The zero-order valence-corrected chi connectivity index (χ0v) is 12.8. The van der Waals surface area contributed by atoms with Crippen LogP contribution in [0.15, 0.2) is 0 Å². The molecule has 18 heavy (non-hydrogen) atoms. The van der Waals surface area contributed by atoms with Gasteiger partial charge in [-0.1, -0.05) is 26.7 Å². The lowest BCUT2D eigenvalue weighted by molar-refractivity contribution is -0.138. The van der Waals surface area contributed by atoms with E-state index < -0.39 is 0 Å². The fraction of sp³-hybridized carbons (Fsp3) is 0.929. The van der Waals surface area contributed by atoms with Gasteiger partial charge in [0.2, 0.25) is 5.91 Å². The summed E-state index contributed by atoms with van der Waals surface area (Å²) in [5, 5.41) is 0. The molecule has 0 bridgehead atoms. The first-order valence-electron chi connectivity index (χ1n) is 7.01. The number of carbonyl (C=O) groups is 1. The van der Waals surface area contributed by atoms with Crippen LogP contribution in [0.3, 0.4) is 0 Å². The minimum atomic E-state index is 0.260. The number of carbonyl (C=O) groups excluding carboxylic acids is 1. The molecule has 4 heteroatoms. The van der Waals surface area contributed by atoms with Gasteiger partial charge < -0.3 is 9.64 Å². The van der Waals surface area contributed by atoms with Crippen molar-refractivity contribution in [3.63, 3.8) is 0 Å². The summed E-state index contributed by atoms with van der Waals surface area (Å²) in [7, 11) is 0. The highest BCUT2D eigenvalue weighted by Crippen LogP contribution is 2.15. The standard InChI is InChI=1S/C14H27NO2S/c1-12(2)5-4-6-13-11-15(8-9-17-13)14(16)7-10-18-3/h12-13H,4-11H2,1-3H3/t13-/m0/s1. The molecule has 3 nitrogen and oxygen atoms in total. The first kappa shape index (κ1) is 15.8. The molecule has 1 aliphatic rings. The average molecular weight is 273 g/mol. The van der Waals surface area contributed by atoms with Gasteiger partial charge in [-0.2, -0.15) is 11.8 Å². The van der Waals surface area contributed by atoms with E-state index >= 15 is 0 Å². The molecule has 1 aliphatic heterocycles. The van der Waals surface area contributed by atoms with Crippen molar-refractivity contribution in [1.29, 1.82) is 0 Å². The second-order valence-corrected chi connectivity index (χ2v) is 6.39. The Balaban J connectivity index is 2.25. The molecule has 1 rings (SSSR count). The second kappa shape index (κ2) is 8.81. The third-order valence-corrected chi connectivity index (χ3v) is 3.93. The van der Waals surface area contributed by atoms with Crippen LogP contribution < -0.4 is 0 Å². The van der Waals surface area contributed by atoms with Crippen molar-refractivity contribution in [2.45, 2.75) is 45.6 Å². The van der Waals surface area contributed by atoms with E-state index in [-0.39, 0.29) is 6.10 Å². The normalized spacial score (nSPS) is 20.4. The van der Waals surface area contributed by atoms with Crippen LogP contribution in [0.4, 0.5) is 0 Å². The lowest BCUT2D eigenvalue weighted by Gasteiger charge is -2.33. The number of amides is 1. The summed E-state index contributed by atoms with van der Waals surface area (Å²) in [6, 6.07) is 0. The van der Waals surface area contributed by atoms with Crippen molar-refractivity contribution in [2.24, 2.45) is 5.92 Å². The fourth-order valence-electron chi connectivity index (χ4n) is 2.22. The molecule has 106 valence electrons. The summed E-state index contributed by atoms with van der Waals surface area (Å²) in [6.07, 6.45) is 6.51. The molecule has 0 N–H and O–H groups in total. The lowest BCUT2D eigenvalue weighted by Crippen LogP contribution is -2.45.